The molecule has 2 heterocycles. The first-order valence-electron chi connectivity index (χ1n) is 9.86. The van der Waals surface area contributed by atoms with Crippen molar-refractivity contribution in [1.82, 2.24) is 25.3 Å². The number of aliphatic imine (C=N–C) groups is 1. The number of nitrogens with one attached hydrogen (secondary N) is 2. The highest BCUT2D eigenvalue weighted by Gasteiger charge is 2.29. The summed E-state index contributed by atoms with van der Waals surface area (Å²) in [5, 5.41) is 11.3. The van der Waals surface area contributed by atoms with Crippen molar-refractivity contribution < 1.29 is 0 Å². The zero-order valence-electron chi connectivity index (χ0n) is 16.7. The van der Waals surface area contributed by atoms with Gasteiger partial charge in [-0.3, -0.25) is 14.6 Å². The highest BCUT2D eigenvalue weighted by Crippen LogP contribution is 2.20. The first-order chi connectivity index (χ1) is 13.1. The van der Waals surface area contributed by atoms with E-state index in [9.17, 15) is 0 Å². The molecule has 27 heavy (non-hydrogen) atoms. The lowest BCUT2D eigenvalue weighted by molar-refractivity contribution is 0.258. The van der Waals surface area contributed by atoms with E-state index in [1.165, 1.54) is 11.1 Å². The van der Waals surface area contributed by atoms with Crippen LogP contribution in [0.15, 0.2) is 47.7 Å². The molecule has 146 valence electrons. The monoisotopic (exact) mass is 368 g/mol. The van der Waals surface area contributed by atoms with E-state index in [0.29, 0.717) is 12.1 Å². The summed E-state index contributed by atoms with van der Waals surface area (Å²) in [4.78, 5) is 6.94. The van der Waals surface area contributed by atoms with Crippen molar-refractivity contribution >= 4 is 5.96 Å². The second kappa shape index (κ2) is 9.55. The molecule has 1 aromatic carbocycles. The van der Waals surface area contributed by atoms with E-state index in [1.54, 1.807) is 0 Å². The summed E-state index contributed by atoms with van der Waals surface area (Å²) in [5.74, 6) is 0.903. The minimum absolute atomic E-state index is 0.438. The normalized spacial score (nSPS) is 20.8. The molecule has 1 saturated heterocycles. The third-order valence-electron chi connectivity index (χ3n) is 5.19. The van der Waals surface area contributed by atoms with Gasteiger partial charge in [0.2, 0.25) is 0 Å². The number of aromatic nitrogens is 2. The number of hydrogen-bond donors (Lipinski definition) is 2. The Balaban J connectivity index is 1.40. The molecule has 1 aliphatic rings. The maximum Gasteiger partial charge on any atom is 0.191 e. The Kier molecular flexibility index (Phi) is 6.87. The van der Waals surface area contributed by atoms with Crippen molar-refractivity contribution in [3.05, 3.63) is 53.9 Å². The molecule has 2 aromatic rings. The summed E-state index contributed by atoms with van der Waals surface area (Å²) in [5.41, 5.74) is 2.66. The summed E-state index contributed by atoms with van der Waals surface area (Å²) in [6.45, 7) is 5.28. The Bertz CT molecular complexity index is 723. The van der Waals surface area contributed by atoms with Crippen LogP contribution in [0.1, 0.15) is 30.9 Å². The number of guanidine groups is 1. The van der Waals surface area contributed by atoms with E-state index in [2.05, 4.69) is 69.1 Å². The zero-order valence-corrected chi connectivity index (χ0v) is 16.7. The number of rotatable bonds is 7. The van der Waals surface area contributed by atoms with Gasteiger partial charge in [-0.15, -0.1) is 0 Å². The third-order valence-corrected chi connectivity index (χ3v) is 5.19. The minimum atomic E-state index is 0.438. The fourth-order valence-electron chi connectivity index (χ4n) is 3.73. The van der Waals surface area contributed by atoms with Gasteiger partial charge in [0.15, 0.2) is 5.96 Å². The molecule has 2 unspecified atom stereocenters. The zero-order chi connectivity index (χ0) is 19.1. The SMILES string of the molecule is CN=C(NCCCc1cnn(C)c1)NC1CC(C)N(Cc2ccccc2)C1. The first-order valence-corrected chi connectivity index (χ1v) is 9.86. The van der Waals surface area contributed by atoms with Crippen molar-refractivity contribution in [2.75, 3.05) is 20.1 Å². The van der Waals surface area contributed by atoms with E-state index in [1.807, 2.05) is 25.0 Å². The van der Waals surface area contributed by atoms with E-state index < -0.39 is 0 Å². The standard InChI is InChI=1S/C21H32N6/c1-17-12-20(16-27(17)15-18-8-5-4-6-9-18)25-21(22-2)23-11-7-10-19-13-24-26(3)14-19/h4-6,8-9,13-14,17,20H,7,10-12,15-16H2,1-3H3,(H2,22,23,25). The quantitative estimate of drug-likeness (QED) is 0.447. The van der Waals surface area contributed by atoms with Gasteiger partial charge in [0.25, 0.3) is 0 Å². The van der Waals surface area contributed by atoms with Crippen molar-refractivity contribution in [3.63, 3.8) is 0 Å². The van der Waals surface area contributed by atoms with Gasteiger partial charge in [-0.2, -0.15) is 5.10 Å². The van der Waals surface area contributed by atoms with Gasteiger partial charge in [0.05, 0.1) is 6.20 Å². The summed E-state index contributed by atoms with van der Waals surface area (Å²) in [6.07, 6.45) is 7.25. The van der Waals surface area contributed by atoms with Crippen molar-refractivity contribution in [3.8, 4) is 0 Å². The number of aryl methyl sites for hydroxylation is 2. The molecule has 0 spiro atoms. The Hall–Kier alpha value is -2.34. The van der Waals surface area contributed by atoms with Gasteiger partial charge in [-0.25, -0.2) is 0 Å². The minimum Gasteiger partial charge on any atom is -0.356 e. The first kappa shape index (κ1) is 19.4. The average Bonchev–Trinajstić information content (AvgIpc) is 3.24. The van der Waals surface area contributed by atoms with Gasteiger partial charge in [0, 0.05) is 52.0 Å². The molecule has 0 aliphatic carbocycles. The second-order valence-electron chi connectivity index (χ2n) is 7.47. The van der Waals surface area contributed by atoms with E-state index in [0.717, 1.165) is 44.9 Å². The molecular weight excluding hydrogens is 336 g/mol. The lowest BCUT2D eigenvalue weighted by atomic mass is 10.2. The van der Waals surface area contributed by atoms with Crippen LogP contribution >= 0.6 is 0 Å². The maximum atomic E-state index is 4.39. The van der Waals surface area contributed by atoms with Crippen molar-refractivity contribution in [2.45, 2.75) is 44.8 Å². The maximum absolute atomic E-state index is 4.39. The summed E-state index contributed by atoms with van der Waals surface area (Å²) in [7, 11) is 3.80. The molecule has 0 radical (unpaired) electrons. The fourth-order valence-corrected chi connectivity index (χ4v) is 3.73. The molecule has 0 amide bonds. The molecule has 1 aromatic heterocycles. The van der Waals surface area contributed by atoms with Crippen molar-refractivity contribution in [2.24, 2.45) is 12.0 Å². The molecule has 6 heteroatoms. The van der Waals surface area contributed by atoms with Gasteiger partial charge < -0.3 is 10.6 Å². The number of hydrogen-bond acceptors (Lipinski definition) is 3. The van der Waals surface area contributed by atoms with Crippen molar-refractivity contribution in [1.29, 1.82) is 0 Å². The van der Waals surface area contributed by atoms with Gasteiger partial charge in [-0.05, 0) is 37.3 Å². The largest absolute Gasteiger partial charge is 0.356 e. The highest BCUT2D eigenvalue weighted by molar-refractivity contribution is 5.80. The van der Waals surface area contributed by atoms with Crippen LogP contribution in [0.3, 0.4) is 0 Å². The number of benzene rings is 1. The molecule has 0 bridgehead atoms. The van der Waals surface area contributed by atoms with Crippen LogP contribution in [0.25, 0.3) is 0 Å². The Labute approximate surface area is 162 Å². The predicted octanol–water partition coefficient (Wildman–Crippen LogP) is 2.18. The van der Waals surface area contributed by atoms with Crippen LogP contribution in [0, 0.1) is 0 Å². The van der Waals surface area contributed by atoms with Crippen LogP contribution in [0.5, 0.6) is 0 Å². The topological polar surface area (TPSA) is 57.5 Å². The van der Waals surface area contributed by atoms with Crippen LogP contribution in [-0.2, 0) is 20.0 Å². The van der Waals surface area contributed by atoms with Gasteiger partial charge >= 0.3 is 0 Å². The summed E-state index contributed by atoms with van der Waals surface area (Å²) >= 11 is 0. The smallest absolute Gasteiger partial charge is 0.191 e. The lowest BCUT2D eigenvalue weighted by Gasteiger charge is -2.21. The highest BCUT2D eigenvalue weighted by atomic mass is 15.3. The Morgan fingerprint density at radius 1 is 1.26 bits per heavy atom. The lowest BCUT2D eigenvalue weighted by Crippen LogP contribution is -2.44. The van der Waals surface area contributed by atoms with E-state index in [4.69, 9.17) is 0 Å². The molecule has 1 aliphatic heterocycles. The molecule has 6 nitrogen and oxygen atoms in total. The van der Waals surface area contributed by atoms with Gasteiger partial charge in [0.1, 0.15) is 0 Å². The summed E-state index contributed by atoms with van der Waals surface area (Å²) in [6, 6.07) is 11.7. The summed E-state index contributed by atoms with van der Waals surface area (Å²) < 4.78 is 1.85. The second-order valence-corrected chi connectivity index (χ2v) is 7.47. The molecule has 3 rings (SSSR count). The average molecular weight is 369 g/mol. The molecule has 2 N–H and O–H groups in total. The third kappa shape index (κ3) is 5.82. The Morgan fingerprint density at radius 2 is 2.07 bits per heavy atom. The number of likely N-dealkylation sites (tertiary alicyclic amines) is 1. The molecule has 0 saturated carbocycles. The van der Waals surface area contributed by atoms with Crippen LogP contribution in [-0.4, -0.2) is 52.9 Å². The molecule has 1 fully saturated rings. The van der Waals surface area contributed by atoms with Crippen LogP contribution in [0.2, 0.25) is 0 Å². The Morgan fingerprint density at radius 3 is 2.78 bits per heavy atom. The van der Waals surface area contributed by atoms with Gasteiger partial charge in [-0.1, -0.05) is 30.3 Å². The molecule has 2 atom stereocenters. The van der Waals surface area contributed by atoms with E-state index >= 15 is 0 Å². The van der Waals surface area contributed by atoms with Crippen LogP contribution in [0.4, 0.5) is 0 Å². The van der Waals surface area contributed by atoms with E-state index in [-0.39, 0.29) is 0 Å². The predicted molar refractivity (Wildman–Crippen MR) is 111 cm³/mol. The van der Waals surface area contributed by atoms with Crippen LogP contribution < -0.4 is 10.6 Å². The fraction of sp³-hybridized carbons (Fsp3) is 0.524. The molecular formula is C21H32N6. The number of nitrogens with zero attached hydrogens (tertiary/aromatic N) is 4.